The van der Waals surface area contributed by atoms with Crippen LogP contribution in [0.2, 0.25) is 0 Å². The van der Waals surface area contributed by atoms with Gasteiger partial charge in [-0.25, -0.2) is 4.79 Å². The lowest BCUT2D eigenvalue weighted by atomic mass is 9.68. The number of likely N-dealkylation sites (N-methyl/N-ethyl adjacent to an activating group) is 1. The van der Waals surface area contributed by atoms with Gasteiger partial charge in [0.1, 0.15) is 0 Å². The largest absolute Gasteiger partial charge is 0.416 e. The Kier molecular flexibility index (Phi) is 9.29. The lowest BCUT2D eigenvalue weighted by Gasteiger charge is -2.45. The molecule has 264 valence electrons. The third kappa shape index (κ3) is 6.86. The van der Waals surface area contributed by atoms with Crippen molar-refractivity contribution < 1.29 is 40.7 Å². The van der Waals surface area contributed by atoms with Crippen molar-refractivity contribution in [2.24, 2.45) is 0 Å². The van der Waals surface area contributed by atoms with Gasteiger partial charge in [-0.05, 0) is 65.9 Å². The van der Waals surface area contributed by atoms with Gasteiger partial charge in [0.05, 0.1) is 17.2 Å². The molecule has 7 nitrogen and oxygen atoms in total. The number of hydrogen-bond acceptors (Lipinski definition) is 3. The zero-order valence-electron chi connectivity index (χ0n) is 26.9. The van der Waals surface area contributed by atoms with E-state index in [9.17, 15) is 40.7 Å². The number of anilines is 1. The van der Waals surface area contributed by atoms with Crippen molar-refractivity contribution in [3.05, 3.63) is 106 Å². The molecule has 0 aliphatic carbocycles. The standard InChI is InChI=1S/C36H33BrF6N4O3/c1-21(23-14-24(35(38,39)40)16-25(15-23)36(41,42)43)32(49)45(2)30-20-47(19-27(30)22-6-4-3-5-7-22)33(50)46-12-10-34(11-13-46)18-31(48)44-29-9-8-26(37)17-28(29)34/h3-9,14-17,27,30H,1,10-13,18-20H2,2H3,(H,44,48)/t27-,30+/m0/s1. The summed E-state index contributed by atoms with van der Waals surface area (Å²) >= 11 is 3.52. The fraction of sp³-hybridized carbons (Fsp3) is 0.361. The monoisotopic (exact) mass is 762 g/mol. The average Bonchev–Trinajstić information content (AvgIpc) is 3.53. The summed E-state index contributed by atoms with van der Waals surface area (Å²) in [4.78, 5) is 45.0. The Bertz CT molecular complexity index is 1810. The van der Waals surface area contributed by atoms with Crippen molar-refractivity contribution in [3.8, 4) is 0 Å². The van der Waals surface area contributed by atoms with E-state index in [0.717, 1.165) is 21.3 Å². The molecule has 3 heterocycles. The summed E-state index contributed by atoms with van der Waals surface area (Å²) in [5.41, 5.74) is -2.08. The topological polar surface area (TPSA) is 73.0 Å². The second kappa shape index (κ2) is 13.1. The number of carbonyl (C=O) groups excluding carboxylic acids is 3. The highest BCUT2D eigenvalue weighted by molar-refractivity contribution is 9.10. The van der Waals surface area contributed by atoms with Gasteiger partial charge in [-0.1, -0.05) is 52.8 Å². The number of urea groups is 1. The zero-order chi connectivity index (χ0) is 36.2. The minimum absolute atomic E-state index is 0.0000170. The molecule has 3 aromatic carbocycles. The van der Waals surface area contributed by atoms with Gasteiger partial charge in [0, 0.05) is 66.7 Å². The highest BCUT2D eigenvalue weighted by atomic mass is 79.9. The highest BCUT2D eigenvalue weighted by Gasteiger charge is 2.46. The summed E-state index contributed by atoms with van der Waals surface area (Å²) in [7, 11) is 1.41. The van der Waals surface area contributed by atoms with E-state index in [0.29, 0.717) is 44.5 Å². The number of benzene rings is 3. The van der Waals surface area contributed by atoms with Gasteiger partial charge < -0.3 is 20.0 Å². The van der Waals surface area contributed by atoms with Crippen LogP contribution in [0.15, 0.2) is 77.8 Å². The number of piperidine rings is 1. The van der Waals surface area contributed by atoms with E-state index in [2.05, 4.69) is 27.8 Å². The summed E-state index contributed by atoms with van der Waals surface area (Å²) < 4.78 is 82.3. The van der Waals surface area contributed by atoms with Crippen LogP contribution in [0.5, 0.6) is 0 Å². The Morgan fingerprint density at radius 3 is 2.12 bits per heavy atom. The molecule has 0 unspecified atom stereocenters. The molecular weight excluding hydrogens is 730 g/mol. The summed E-state index contributed by atoms with van der Waals surface area (Å²) in [6, 6.07) is 14.9. The van der Waals surface area contributed by atoms with Gasteiger partial charge in [-0.15, -0.1) is 0 Å². The third-order valence-electron chi connectivity index (χ3n) is 10.1. The first-order valence-corrected chi connectivity index (χ1v) is 16.7. The quantitative estimate of drug-likeness (QED) is 0.217. The average molecular weight is 764 g/mol. The van der Waals surface area contributed by atoms with Crippen LogP contribution in [0.1, 0.15) is 53.0 Å². The first kappa shape index (κ1) is 35.5. The molecule has 4 amide bonds. The van der Waals surface area contributed by atoms with E-state index in [1.165, 1.54) is 11.9 Å². The summed E-state index contributed by atoms with van der Waals surface area (Å²) in [6.07, 6.45) is -8.76. The molecule has 14 heteroatoms. The predicted octanol–water partition coefficient (Wildman–Crippen LogP) is 7.92. The molecule has 0 saturated carbocycles. The smallest absolute Gasteiger partial charge is 0.336 e. The first-order chi connectivity index (χ1) is 23.5. The maximum absolute atomic E-state index is 14.0. The van der Waals surface area contributed by atoms with Crippen molar-refractivity contribution in [1.82, 2.24) is 14.7 Å². The molecule has 2 fully saturated rings. The number of nitrogens with zero attached hydrogens (tertiary/aromatic N) is 3. The fourth-order valence-electron chi connectivity index (χ4n) is 7.41. The summed E-state index contributed by atoms with van der Waals surface area (Å²) in [5, 5.41) is 2.93. The summed E-state index contributed by atoms with van der Waals surface area (Å²) in [6.45, 7) is 4.68. The number of nitrogens with one attached hydrogen (secondary N) is 1. The molecule has 1 spiro atoms. The molecule has 6 rings (SSSR count). The highest BCUT2D eigenvalue weighted by Crippen LogP contribution is 2.46. The van der Waals surface area contributed by atoms with E-state index in [-0.39, 0.29) is 31.1 Å². The summed E-state index contributed by atoms with van der Waals surface area (Å²) in [5.74, 6) is -1.35. The van der Waals surface area contributed by atoms with Crippen molar-refractivity contribution >= 4 is 45.0 Å². The van der Waals surface area contributed by atoms with Gasteiger partial charge in [0.25, 0.3) is 5.91 Å². The van der Waals surface area contributed by atoms with Crippen LogP contribution in [0.25, 0.3) is 5.57 Å². The molecule has 2 saturated heterocycles. The van der Waals surface area contributed by atoms with Gasteiger partial charge in [-0.3, -0.25) is 9.59 Å². The maximum atomic E-state index is 14.0. The second-order valence-corrected chi connectivity index (χ2v) is 14.1. The molecule has 2 atom stereocenters. The van der Waals surface area contributed by atoms with Gasteiger partial charge in [0.2, 0.25) is 5.91 Å². The van der Waals surface area contributed by atoms with Gasteiger partial charge in [-0.2, -0.15) is 26.3 Å². The maximum Gasteiger partial charge on any atom is 0.416 e. The van der Waals surface area contributed by atoms with E-state index >= 15 is 0 Å². The number of hydrogen-bond donors (Lipinski definition) is 1. The molecule has 3 aliphatic rings. The second-order valence-electron chi connectivity index (χ2n) is 13.1. The minimum Gasteiger partial charge on any atom is -0.336 e. The van der Waals surface area contributed by atoms with Crippen LogP contribution in [-0.2, 0) is 27.4 Å². The number of likely N-dealkylation sites (tertiary alicyclic amines) is 2. The molecule has 3 aromatic rings. The van der Waals surface area contributed by atoms with Crippen LogP contribution in [0.4, 0.5) is 36.8 Å². The van der Waals surface area contributed by atoms with Crippen LogP contribution < -0.4 is 5.32 Å². The van der Waals surface area contributed by atoms with E-state index in [1.54, 1.807) is 21.9 Å². The van der Waals surface area contributed by atoms with E-state index in [1.807, 2.05) is 36.4 Å². The van der Waals surface area contributed by atoms with E-state index < -0.39 is 57.9 Å². The van der Waals surface area contributed by atoms with Crippen molar-refractivity contribution in [2.45, 2.75) is 49.0 Å². The molecule has 0 bridgehead atoms. The van der Waals surface area contributed by atoms with Crippen molar-refractivity contribution in [1.29, 1.82) is 0 Å². The SMILES string of the molecule is C=C(C(=O)N(C)[C@@H]1CN(C(=O)N2CCC3(CC2)CC(=O)Nc2ccc(Br)cc23)C[C@H]1c1ccccc1)c1cc(C(F)(F)F)cc(C(F)(F)F)c1. The van der Waals surface area contributed by atoms with Crippen molar-refractivity contribution in [2.75, 3.05) is 38.5 Å². The lowest BCUT2D eigenvalue weighted by molar-refractivity contribution is -0.143. The Hall–Kier alpha value is -4.33. The third-order valence-corrected chi connectivity index (χ3v) is 10.6. The Morgan fingerprint density at radius 2 is 1.52 bits per heavy atom. The molecular formula is C36H33BrF6N4O3. The first-order valence-electron chi connectivity index (χ1n) is 15.9. The number of halogens is 7. The van der Waals surface area contributed by atoms with Crippen LogP contribution in [0.3, 0.4) is 0 Å². The van der Waals surface area contributed by atoms with Crippen LogP contribution >= 0.6 is 15.9 Å². The molecule has 0 aromatic heterocycles. The lowest BCUT2D eigenvalue weighted by Crippen LogP contribution is -2.52. The van der Waals surface area contributed by atoms with Gasteiger partial charge in [0.15, 0.2) is 0 Å². The number of rotatable bonds is 4. The van der Waals surface area contributed by atoms with Crippen LogP contribution in [-0.4, -0.2) is 71.8 Å². The van der Waals surface area contributed by atoms with Crippen LogP contribution in [0, 0.1) is 0 Å². The van der Waals surface area contributed by atoms with Gasteiger partial charge >= 0.3 is 18.4 Å². The predicted molar refractivity (Wildman–Crippen MR) is 178 cm³/mol. The Morgan fingerprint density at radius 1 is 0.900 bits per heavy atom. The molecule has 3 aliphatic heterocycles. The zero-order valence-corrected chi connectivity index (χ0v) is 28.5. The molecule has 0 radical (unpaired) electrons. The van der Waals surface area contributed by atoms with Crippen molar-refractivity contribution in [3.63, 3.8) is 0 Å². The normalized spacial score (nSPS) is 20.4. The Balaban J connectivity index is 1.22. The molecule has 50 heavy (non-hydrogen) atoms. The minimum atomic E-state index is -5.09. The fourth-order valence-corrected chi connectivity index (χ4v) is 7.77. The number of alkyl halides is 6. The van der Waals surface area contributed by atoms with E-state index in [4.69, 9.17) is 0 Å². The number of fused-ring (bicyclic) bond motifs is 2. The Labute approximate surface area is 293 Å². The molecule has 1 N–H and O–H groups in total. The number of amides is 4. The number of carbonyl (C=O) groups is 3.